The van der Waals surface area contributed by atoms with Crippen molar-refractivity contribution in [2.75, 3.05) is 13.2 Å². The van der Waals surface area contributed by atoms with Crippen LogP contribution in [0.2, 0.25) is 0 Å². The summed E-state index contributed by atoms with van der Waals surface area (Å²) in [5.74, 6) is -0.371. The summed E-state index contributed by atoms with van der Waals surface area (Å²) in [4.78, 5) is 25.8. The van der Waals surface area contributed by atoms with Crippen molar-refractivity contribution in [2.45, 2.75) is 45.2 Å². The van der Waals surface area contributed by atoms with E-state index >= 15 is 0 Å². The number of rotatable bonds is 8. The SMILES string of the molecule is CC(CCCN1C(=O)c2ccccc2C1=O)N[C@H](C)CCO. The number of amides is 2. The molecule has 2 atom stereocenters. The molecule has 0 aliphatic carbocycles. The molecule has 1 aromatic rings. The van der Waals surface area contributed by atoms with Crippen LogP contribution >= 0.6 is 0 Å². The van der Waals surface area contributed by atoms with Crippen molar-refractivity contribution < 1.29 is 14.7 Å². The summed E-state index contributed by atoms with van der Waals surface area (Å²) < 4.78 is 0. The molecule has 120 valence electrons. The Morgan fingerprint density at radius 1 is 1.05 bits per heavy atom. The summed E-state index contributed by atoms with van der Waals surface area (Å²) in [5, 5.41) is 12.3. The van der Waals surface area contributed by atoms with Gasteiger partial charge >= 0.3 is 0 Å². The number of nitrogens with zero attached hydrogens (tertiary/aromatic N) is 1. The second kappa shape index (κ2) is 7.51. The highest BCUT2D eigenvalue weighted by Crippen LogP contribution is 2.22. The smallest absolute Gasteiger partial charge is 0.261 e. The minimum atomic E-state index is -0.185. The fraction of sp³-hybridized carbons (Fsp3) is 0.529. The Balaban J connectivity index is 1.81. The molecule has 0 radical (unpaired) electrons. The summed E-state index contributed by atoms with van der Waals surface area (Å²) in [7, 11) is 0. The molecule has 1 aromatic carbocycles. The summed E-state index contributed by atoms with van der Waals surface area (Å²) in [5.41, 5.74) is 1.02. The van der Waals surface area contributed by atoms with Crippen molar-refractivity contribution >= 4 is 11.8 Å². The Morgan fingerprint density at radius 3 is 2.14 bits per heavy atom. The second-order valence-electron chi connectivity index (χ2n) is 5.93. The highest BCUT2D eigenvalue weighted by molar-refractivity contribution is 6.21. The average Bonchev–Trinajstić information content (AvgIpc) is 2.73. The van der Waals surface area contributed by atoms with Crippen LogP contribution < -0.4 is 5.32 Å². The third-order valence-electron chi connectivity index (χ3n) is 4.03. The summed E-state index contributed by atoms with van der Waals surface area (Å²) in [6.45, 7) is 4.75. The van der Waals surface area contributed by atoms with Crippen LogP contribution in [0.3, 0.4) is 0 Å². The number of aliphatic hydroxyl groups excluding tert-OH is 1. The van der Waals surface area contributed by atoms with E-state index in [0.29, 0.717) is 17.7 Å². The predicted molar refractivity (Wildman–Crippen MR) is 84.8 cm³/mol. The van der Waals surface area contributed by atoms with E-state index in [-0.39, 0.29) is 30.5 Å². The number of fused-ring (bicyclic) bond motifs is 1. The lowest BCUT2D eigenvalue weighted by molar-refractivity contribution is 0.0650. The number of carbonyl (C=O) groups excluding carboxylic acids is 2. The lowest BCUT2D eigenvalue weighted by atomic mass is 10.1. The second-order valence-corrected chi connectivity index (χ2v) is 5.93. The Morgan fingerprint density at radius 2 is 1.59 bits per heavy atom. The highest BCUT2D eigenvalue weighted by Gasteiger charge is 2.34. The standard InChI is InChI=1S/C17H24N2O3/c1-12(18-13(2)9-11-20)6-5-10-19-16(21)14-7-3-4-8-15(14)17(19)22/h3-4,7-8,12-13,18,20H,5-6,9-11H2,1-2H3/t12?,13-/m1/s1. The van der Waals surface area contributed by atoms with Crippen LogP contribution in [0.4, 0.5) is 0 Å². The van der Waals surface area contributed by atoms with Crippen LogP contribution in [-0.2, 0) is 0 Å². The minimum absolute atomic E-state index is 0.177. The van der Waals surface area contributed by atoms with Gasteiger partial charge in [-0.1, -0.05) is 12.1 Å². The first kappa shape index (κ1) is 16.6. The van der Waals surface area contributed by atoms with Crippen LogP contribution in [0.25, 0.3) is 0 Å². The summed E-state index contributed by atoms with van der Waals surface area (Å²) in [6.07, 6.45) is 2.37. The molecule has 5 heteroatoms. The van der Waals surface area contributed by atoms with Crippen molar-refractivity contribution in [3.05, 3.63) is 35.4 Å². The van der Waals surface area contributed by atoms with Crippen LogP contribution in [0.1, 0.15) is 53.8 Å². The third kappa shape index (κ3) is 3.72. The van der Waals surface area contributed by atoms with Gasteiger partial charge in [0.2, 0.25) is 0 Å². The highest BCUT2D eigenvalue weighted by atomic mass is 16.3. The van der Waals surface area contributed by atoms with E-state index in [1.54, 1.807) is 24.3 Å². The molecule has 1 heterocycles. The predicted octanol–water partition coefficient (Wildman–Crippen LogP) is 1.81. The zero-order valence-electron chi connectivity index (χ0n) is 13.2. The van der Waals surface area contributed by atoms with Crippen LogP contribution in [0, 0.1) is 0 Å². The third-order valence-corrected chi connectivity index (χ3v) is 4.03. The van der Waals surface area contributed by atoms with E-state index in [1.807, 2.05) is 6.92 Å². The van der Waals surface area contributed by atoms with Gasteiger partial charge in [-0.3, -0.25) is 14.5 Å². The molecule has 5 nitrogen and oxygen atoms in total. The molecule has 0 saturated heterocycles. The molecule has 1 unspecified atom stereocenters. The molecule has 0 spiro atoms. The fourth-order valence-corrected chi connectivity index (χ4v) is 2.84. The molecule has 22 heavy (non-hydrogen) atoms. The molecular weight excluding hydrogens is 280 g/mol. The molecule has 1 aliphatic heterocycles. The number of hydrogen-bond acceptors (Lipinski definition) is 4. The van der Waals surface area contributed by atoms with Crippen molar-refractivity contribution in [3.8, 4) is 0 Å². The Hall–Kier alpha value is -1.72. The van der Waals surface area contributed by atoms with Crippen molar-refractivity contribution in [2.24, 2.45) is 0 Å². The van der Waals surface area contributed by atoms with Gasteiger partial charge < -0.3 is 10.4 Å². The molecule has 2 rings (SSSR count). The molecule has 0 aromatic heterocycles. The first-order chi connectivity index (χ1) is 10.5. The van der Waals surface area contributed by atoms with Gasteiger partial charge in [0, 0.05) is 25.2 Å². The molecule has 2 amide bonds. The van der Waals surface area contributed by atoms with Gasteiger partial charge in [0.1, 0.15) is 0 Å². The Kier molecular flexibility index (Phi) is 5.69. The van der Waals surface area contributed by atoms with Gasteiger partial charge in [0.25, 0.3) is 11.8 Å². The quantitative estimate of drug-likeness (QED) is 0.719. The van der Waals surface area contributed by atoms with Gasteiger partial charge in [-0.15, -0.1) is 0 Å². The van der Waals surface area contributed by atoms with Crippen molar-refractivity contribution in [1.82, 2.24) is 10.2 Å². The van der Waals surface area contributed by atoms with Crippen molar-refractivity contribution in [3.63, 3.8) is 0 Å². The topological polar surface area (TPSA) is 69.6 Å². The first-order valence-corrected chi connectivity index (χ1v) is 7.86. The largest absolute Gasteiger partial charge is 0.396 e. The minimum Gasteiger partial charge on any atom is -0.396 e. The molecule has 0 bridgehead atoms. The number of carbonyl (C=O) groups is 2. The monoisotopic (exact) mass is 304 g/mol. The normalized spacial score (nSPS) is 16.8. The first-order valence-electron chi connectivity index (χ1n) is 7.86. The van der Waals surface area contributed by atoms with Gasteiger partial charge in [-0.25, -0.2) is 0 Å². The van der Waals surface area contributed by atoms with Crippen LogP contribution in [-0.4, -0.2) is 47.1 Å². The lowest BCUT2D eigenvalue weighted by Crippen LogP contribution is -2.36. The number of benzene rings is 1. The molecular formula is C17H24N2O3. The number of aliphatic hydroxyl groups is 1. The maximum absolute atomic E-state index is 12.2. The maximum atomic E-state index is 12.2. The van der Waals surface area contributed by atoms with Crippen molar-refractivity contribution in [1.29, 1.82) is 0 Å². The van der Waals surface area contributed by atoms with Crippen LogP contribution in [0.5, 0.6) is 0 Å². The summed E-state index contributed by atoms with van der Waals surface area (Å²) in [6, 6.07) is 7.52. The van der Waals surface area contributed by atoms with E-state index in [9.17, 15) is 9.59 Å². The fourth-order valence-electron chi connectivity index (χ4n) is 2.84. The molecule has 1 aliphatic rings. The van der Waals surface area contributed by atoms with E-state index < -0.39 is 0 Å². The van der Waals surface area contributed by atoms with Gasteiger partial charge in [0.05, 0.1) is 11.1 Å². The number of imide groups is 1. The molecule has 0 fully saturated rings. The van der Waals surface area contributed by atoms with E-state index in [2.05, 4.69) is 12.2 Å². The Bertz CT molecular complexity index is 509. The number of nitrogens with one attached hydrogen (secondary N) is 1. The van der Waals surface area contributed by atoms with E-state index in [1.165, 1.54) is 4.90 Å². The Labute approximate surface area is 131 Å². The average molecular weight is 304 g/mol. The zero-order chi connectivity index (χ0) is 16.1. The van der Waals surface area contributed by atoms with Crippen LogP contribution in [0.15, 0.2) is 24.3 Å². The van der Waals surface area contributed by atoms with Gasteiger partial charge in [-0.05, 0) is 45.2 Å². The molecule has 0 saturated carbocycles. The van der Waals surface area contributed by atoms with E-state index in [0.717, 1.165) is 19.3 Å². The van der Waals surface area contributed by atoms with Gasteiger partial charge in [-0.2, -0.15) is 0 Å². The lowest BCUT2D eigenvalue weighted by Gasteiger charge is -2.20. The van der Waals surface area contributed by atoms with Gasteiger partial charge in [0.15, 0.2) is 0 Å². The maximum Gasteiger partial charge on any atom is 0.261 e. The number of hydrogen-bond donors (Lipinski definition) is 2. The van der Waals surface area contributed by atoms with E-state index in [4.69, 9.17) is 5.11 Å². The molecule has 2 N–H and O–H groups in total. The zero-order valence-corrected chi connectivity index (χ0v) is 13.2. The summed E-state index contributed by atoms with van der Waals surface area (Å²) >= 11 is 0.